The number of halogens is 1. The number of carbonyl (C=O) groups is 2. The molecule has 0 bridgehead atoms. The molecular weight excluding hydrogens is 456 g/mol. The Morgan fingerprint density at radius 3 is 2.26 bits per heavy atom. The highest BCUT2D eigenvalue weighted by Crippen LogP contribution is 2.27. The van der Waals surface area contributed by atoms with E-state index < -0.39 is 0 Å². The van der Waals surface area contributed by atoms with Crippen LogP contribution in [0.5, 0.6) is 5.75 Å². The van der Waals surface area contributed by atoms with Crippen molar-refractivity contribution in [1.29, 1.82) is 0 Å². The van der Waals surface area contributed by atoms with Gasteiger partial charge in [0.15, 0.2) is 6.61 Å². The Morgan fingerprint density at radius 1 is 0.968 bits per heavy atom. The summed E-state index contributed by atoms with van der Waals surface area (Å²) in [6.45, 7) is 5.63. The van der Waals surface area contributed by atoms with Crippen LogP contribution in [0, 0.1) is 13.8 Å². The van der Waals surface area contributed by atoms with Crippen molar-refractivity contribution in [3.05, 3.63) is 93.5 Å². The van der Waals surface area contributed by atoms with Gasteiger partial charge in [0.25, 0.3) is 11.8 Å². The molecule has 6 heteroatoms. The van der Waals surface area contributed by atoms with Crippen LogP contribution in [0.2, 0.25) is 0 Å². The van der Waals surface area contributed by atoms with Crippen LogP contribution in [0.4, 0.5) is 5.69 Å². The van der Waals surface area contributed by atoms with E-state index in [2.05, 4.69) is 26.6 Å². The van der Waals surface area contributed by atoms with Gasteiger partial charge in [-0.3, -0.25) is 9.59 Å². The Bertz CT molecular complexity index is 1060. The second kappa shape index (κ2) is 10.3. The van der Waals surface area contributed by atoms with Gasteiger partial charge in [-0.15, -0.1) is 0 Å². The van der Waals surface area contributed by atoms with Crippen LogP contribution in [-0.2, 0) is 4.79 Å². The summed E-state index contributed by atoms with van der Waals surface area (Å²) in [5.74, 6) is 0.0897. The number of anilines is 1. The van der Waals surface area contributed by atoms with E-state index in [1.807, 2.05) is 63.2 Å². The summed E-state index contributed by atoms with van der Waals surface area (Å²) in [5.41, 5.74) is 3.72. The van der Waals surface area contributed by atoms with Crippen LogP contribution in [0.15, 0.2) is 71.2 Å². The van der Waals surface area contributed by atoms with Gasteiger partial charge in [-0.1, -0.05) is 58.4 Å². The predicted octanol–water partition coefficient (Wildman–Crippen LogP) is 5.57. The van der Waals surface area contributed by atoms with Crippen molar-refractivity contribution in [2.75, 3.05) is 11.9 Å². The maximum Gasteiger partial charge on any atom is 0.262 e. The number of hydrogen-bond donors (Lipinski definition) is 2. The molecule has 3 aromatic rings. The average molecular weight is 481 g/mol. The standard InChI is InChI=1S/C25H25BrN2O3/c1-16-13-20(26)14-17(2)24(16)31-15-23(29)28-22-12-8-7-11-21(22)25(30)27-18(3)19-9-5-4-6-10-19/h4-14,18H,15H2,1-3H3,(H,27,30)(H,28,29). The minimum atomic E-state index is -0.335. The van der Waals surface area contributed by atoms with E-state index in [-0.39, 0.29) is 24.5 Å². The smallest absolute Gasteiger partial charge is 0.262 e. The fourth-order valence-corrected chi connectivity index (χ4v) is 4.03. The van der Waals surface area contributed by atoms with Crippen molar-refractivity contribution in [3.8, 4) is 5.75 Å². The second-order valence-electron chi connectivity index (χ2n) is 7.36. The third-order valence-corrected chi connectivity index (χ3v) is 5.32. The highest BCUT2D eigenvalue weighted by molar-refractivity contribution is 9.10. The van der Waals surface area contributed by atoms with Gasteiger partial charge < -0.3 is 15.4 Å². The van der Waals surface area contributed by atoms with Crippen molar-refractivity contribution in [1.82, 2.24) is 5.32 Å². The Kier molecular flexibility index (Phi) is 7.47. The fourth-order valence-electron chi connectivity index (χ4n) is 3.34. The molecular formula is C25H25BrN2O3. The molecule has 0 radical (unpaired) electrons. The Hall–Kier alpha value is -3.12. The maximum atomic E-state index is 12.8. The average Bonchev–Trinajstić information content (AvgIpc) is 2.74. The molecule has 0 saturated carbocycles. The van der Waals surface area contributed by atoms with E-state index in [0.29, 0.717) is 17.0 Å². The summed E-state index contributed by atoms with van der Waals surface area (Å²) < 4.78 is 6.71. The summed E-state index contributed by atoms with van der Waals surface area (Å²) >= 11 is 3.45. The maximum absolute atomic E-state index is 12.8. The van der Waals surface area contributed by atoms with Gasteiger partial charge in [-0.2, -0.15) is 0 Å². The molecule has 31 heavy (non-hydrogen) atoms. The molecule has 0 heterocycles. The largest absolute Gasteiger partial charge is 0.483 e. The lowest BCUT2D eigenvalue weighted by molar-refractivity contribution is -0.118. The van der Waals surface area contributed by atoms with Crippen LogP contribution >= 0.6 is 15.9 Å². The van der Waals surface area contributed by atoms with E-state index in [1.165, 1.54) is 0 Å². The van der Waals surface area contributed by atoms with Crippen molar-refractivity contribution >= 4 is 33.4 Å². The van der Waals surface area contributed by atoms with Crippen LogP contribution in [0.25, 0.3) is 0 Å². The molecule has 1 unspecified atom stereocenters. The number of hydrogen-bond acceptors (Lipinski definition) is 3. The number of carbonyl (C=O) groups excluding carboxylic acids is 2. The fraction of sp³-hybridized carbons (Fsp3) is 0.200. The summed E-state index contributed by atoms with van der Waals surface area (Å²) in [6, 6.07) is 20.4. The van der Waals surface area contributed by atoms with Gasteiger partial charge in [0.2, 0.25) is 0 Å². The first-order valence-corrected chi connectivity index (χ1v) is 10.8. The van der Waals surface area contributed by atoms with E-state index >= 15 is 0 Å². The molecule has 5 nitrogen and oxygen atoms in total. The molecule has 3 aromatic carbocycles. The molecule has 0 aliphatic carbocycles. The molecule has 0 aromatic heterocycles. The minimum Gasteiger partial charge on any atom is -0.483 e. The Balaban J connectivity index is 1.66. The van der Waals surface area contributed by atoms with Crippen LogP contribution in [0.1, 0.15) is 40.0 Å². The molecule has 2 N–H and O–H groups in total. The van der Waals surface area contributed by atoms with Crippen LogP contribution < -0.4 is 15.4 Å². The minimum absolute atomic E-state index is 0.153. The van der Waals surface area contributed by atoms with E-state index in [9.17, 15) is 9.59 Å². The first-order chi connectivity index (χ1) is 14.8. The third-order valence-electron chi connectivity index (χ3n) is 4.87. The summed E-state index contributed by atoms with van der Waals surface area (Å²) in [6.07, 6.45) is 0. The van der Waals surface area contributed by atoms with Gasteiger partial charge in [0, 0.05) is 4.47 Å². The number of ether oxygens (including phenoxy) is 1. The molecule has 3 rings (SSSR count). The SMILES string of the molecule is Cc1cc(Br)cc(C)c1OCC(=O)Nc1ccccc1C(=O)NC(C)c1ccccc1. The number of nitrogens with one attached hydrogen (secondary N) is 2. The van der Waals surface area contributed by atoms with Crippen molar-refractivity contribution in [2.45, 2.75) is 26.8 Å². The highest BCUT2D eigenvalue weighted by atomic mass is 79.9. The van der Waals surface area contributed by atoms with Gasteiger partial charge in [-0.25, -0.2) is 0 Å². The van der Waals surface area contributed by atoms with Crippen molar-refractivity contribution < 1.29 is 14.3 Å². The monoisotopic (exact) mass is 480 g/mol. The van der Waals surface area contributed by atoms with E-state index in [4.69, 9.17) is 4.74 Å². The molecule has 0 saturated heterocycles. The molecule has 160 valence electrons. The topological polar surface area (TPSA) is 67.4 Å². The molecule has 0 aliphatic rings. The lowest BCUT2D eigenvalue weighted by Crippen LogP contribution is -2.28. The van der Waals surface area contributed by atoms with Crippen molar-refractivity contribution in [2.24, 2.45) is 0 Å². The molecule has 0 spiro atoms. The Morgan fingerprint density at radius 2 is 1.58 bits per heavy atom. The van der Waals surface area contributed by atoms with Crippen LogP contribution in [-0.4, -0.2) is 18.4 Å². The first kappa shape index (κ1) is 22.6. The molecule has 2 amide bonds. The van der Waals surface area contributed by atoms with Crippen molar-refractivity contribution in [3.63, 3.8) is 0 Å². The zero-order valence-corrected chi connectivity index (χ0v) is 19.3. The lowest BCUT2D eigenvalue weighted by atomic mass is 10.1. The second-order valence-corrected chi connectivity index (χ2v) is 8.27. The normalized spacial score (nSPS) is 11.5. The van der Waals surface area contributed by atoms with E-state index in [0.717, 1.165) is 21.2 Å². The zero-order chi connectivity index (χ0) is 22.4. The number of rotatable bonds is 7. The zero-order valence-electron chi connectivity index (χ0n) is 17.7. The number of benzene rings is 3. The van der Waals surface area contributed by atoms with Crippen LogP contribution in [0.3, 0.4) is 0 Å². The van der Waals surface area contributed by atoms with Gasteiger partial charge in [0.1, 0.15) is 5.75 Å². The lowest BCUT2D eigenvalue weighted by Gasteiger charge is -2.17. The predicted molar refractivity (Wildman–Crippen MR) is 127 cm³/mol. The van der Waals surface area contributed by atoms with Gasteiger partial charge in [-0.05, 0) is 61.7 Å². The number of para-hydroxylation sites is 1. The molecule has 1 atom stereocenters. The summed E-state index contributed by atoms with van der Waals surface area (Å²) in [4.78, 5) is 25.3. The quantitative estimate of drug-likeness (QED) is 0.464. The Labute approximate surface area is 191 Å². The molecule has 0 fully saturated rings. The first-order valence-electron chi connectivity index (χ1n) is 9.99. The summed E-state index contributed by atoms with van der Waals surface area (Å²) in [5, 5.41) is 5.77. The summed E-state index contributed by atoms with van der Waals surface area (Å²) in [7, 11) is 0. The highest BCUT2D eigenvalue weighted by Gasteiger charge is 2.16. The third kappa shape index (κ3) is 5.95. The number of amides is 2. The van der Waals surface area contributed by atoms with E-state index in [1.54, 1.807) is 24.3 Å². The van der Waals surface area contributed by atoms with Gasteiger partial charge >= 0.3 is 0 Å². The van der Waals surface area contributed by atoms with Gasteiger partial charge in [0.05, 0.1) is 17.3 Å². The number of aryl methyl sites for hydroxylation is 2. The molecule has 0 aliphatic heterocycles.